The van der Waals surface area contributed by atoms with Crippen LogP contribution >= 0.6 is 0 Å². The van der Waals surface area contributed by atoms with Gasteiger partial charge in [0.2, 0.25) is 0 Å². The van der Waals surface area contributed by atoms with Crippen LogP contribution in [0.4, 0.5) is 0 Å². The first kappa shape index (κ1) is 14.5. The lowest BCUT2D eigenvalue weighted by molar-refractivity contribution is 0.00594. The van der Waals surface area contributed by atoms with Crippen molar-refractivity contribution in [2.45, 2.75) is 32.8 Å². The summed E-state index contributed by atoms with van der Waals surface area (Å²) in [7, 11) is 0. The predicted octanol–water partition coefficient (Wildman–Crippen LogP) is 1.48. The molecular formula is C14H20N4O2. The third-order valence-corrected chi connectivity index (χ3v) is 3.87. The molecule has 3 N–H and O–H groups in total. The lowest BCUT2D eigenvalue weighted by atomic mass is 9.88. The Kier molecular flexibility index (Phi) is 4.04. The van der Waals surface area contributed by atoms with E-state index < -0.39 is 5.60 Å². The zero-order valence-electron chi connectivity index (χ0n) is 12.0. The Balaban J connectivity index is 2.11. The second-order valence-corrected chi connectivity index (χ2v) is 5.35. The molecule has 0 spiro atoms. The van der Waals surface area contributed by atoms with E-state index >= 15 is 0 Å². The summed E-state index contributed by atoms with van der Waals surface area (Å²) in [4.78, 5) is 12.2. The third kappa shape index (κ3) is 2.80. The number of carbonyl (C=O) groups is 1. The molecule has 0 aliphatic heterocycles. The molecule has 108 valence electrons. The number of aromatic nitrogens is 3. The quantitative estimate of drug-likeness (QED) is 0.771. The van der Waals surface area contributed by atoms with Gasteiger partial charge in [0.25, 0.3) is 5.91 Å². The van der Waals surface area contributed by atoms with Crippen LogP contribution in [0, 0.1) is 5.92 Å². The Morgan fingerprint density at radius 2 is 2.25 bits per heavy atom. The van der Waals surface area contributed by atoms with Crippen molar-refractivity contribution in [2.24, 2.45) is 5.92 Å². The fourth-order valence-corrected chi connectivity index (χ4v) is 2.02. The molecule has 0 aliphatic carbocycles. The van der Waals surface area contributed by atoms with Gasteiger partial charge in [0.05, 0.1) is 11.2 Å². The lowest BCUT2D eigenvalue weighted by Crippen LogP contribution is -2.45. The molecule has 6 heteroatoms. The second-order valence-electron chi connectivity index (χ2n) is 5.35. The molecule has 2 aromatic rings. The van der Waals surface area contributed by atoms with Crippen LogP contribution in [0.15, 0.2) is 18.2 Å². The number of hydrogen-bond donors (Lipinski definition) is 3. The highest BCUT2D eigenvalue weighted by Gasteiger charge is 2.27. The smallest absolute Gasteiger partial charge is 0.253 e. The van der Waals surface area contributed by atoms with Crippen molar-refractivity contribution < 1.29 is 9.90 Å². The minimum Gasteiger partial charge on any atom is -0.388 e. The van der Waals surface area contributed by atoms with E-state index in [0.29, 0.717) is 16.6 Å². The highest BCUT2D eigenvalue weighted by Crippen LogP contribution is 2.19. The lowest BCUT2D eigenvalue weighted by Gasteiger charge is -2.29. The van der Waals surface area contributed by atoms with E-state index in [4.69, 9.17) is 0 Å². The van der Waals surface area contributed by atoms with Gasteiger partial charge in [-0.2, -0.15) is 15.4 Å². The van der Waals surface area contributed by atoms with Crippen molar-refractivity contribution in [1.82, 2.24) is 20.7 Å². The summed E-state index contributed by atoms with van der Waals surface area (Å²) in [5.74, 6) is -0.154. The number of nitrogens with zero attached hydrogens (tertiary/aromatic N) is 2. The van der Waals surface area contributed by atoms with Crippen molar-refractivity contribution in [3.05, 3.63) is 23.8 Å². The van der Waals surface area contributed by atoms with Crippen LogP contribution in [0.5, 0.6) is 0 Å². The van der Waals surface area contributed by atoms with Gasteiger partial charge in [0, 0.05) is 6.54 Å². The normalized spacial score (nSPS) is 15.8. The molecule has 1 aromatic heterocycles. The number of aliphatic hydroxyl groups is 1. The molecule has 0 fully saturated rings. The molecule has 2 rings (SSSR count). The molecule has 0 saturated carbocycles. The van der Waals surface area contributed by atoms with E-state index in [-0.39, 0.29) is 18.4 Å². The van der Waals surface area contributed by atoms with Crippen LogP contribution < -0.4 is 5.32 Å². The topological polar surface area (TPSA) is 90.9 Å². The number of nitrogens with one attached hydrogen (secondary N) is 2. The molecule has 0 bridgehead atoms. The molecule has 0 unspecified atom stereocenters. The average Bonchev–Trinajstić information content (AvgIpc) is 2.92. The summed E-state index contributed by atoms with van der Waals surface area (Å²) in [6.45, 7) is 5.91. The zero-order chi connectivity index (χ0) is 14.8. The maximum atomic E-state index is 12.2. The third-order valence-electron chi connectivity index (χ3n) is 3.87. The Labute approximate surface area is 117 Å². The van der Waals surface area contributed by atoms with E-state index in [0.717, 1.165) is 6.42 Å². The van der Waals surface area contributed by atoms with E-state index in [2.05, 4.69) is 20.7 Å². The molecule has 0 aliphatic rings. The Hall–Kier alpha value is -1.95. The Morgan fingerprint density at radius 3 is 2.95 bits per heavy atom. The minimum absolute atomic E-state index is 0.102. The molecule has 1 heterocycles. The number of para-hydroxylation sites is 1. The van der Waals surface area contributed by atoms with Gasteiger partial charge < -0.3 is 10.4 Å². The SMILES string of the molecule is CC[C@@H](C)[C@@](C)(O)CNC(=O)c1cccc2n[nH]nc12. The van der Waals surface area contributed by atoms with Gasteiger partial charge in [0.15, 0.2) is 0 Å². The summed E-state index contributed by atoms with van der Waals surface area (Å²) in [5.41, 5.74) is 0.706. The number of fused-ring (bicyclic) bond motifs is 1. The summed E-state index contributed by atoms with van der Waals surface area (Å²) in [5, 5.41) is 23.5. The maximum absolute atomic E-state index is 12.2. The van der Waals surface area contributed by atoms with Crippen LogP contribution in [-0.4, -0.2) is 38.6 Å². The first-order valence-electron chi connectivity index (χ1n) is 6.75. The van der Waals surface area contributed by atoms with Crippen LogP contribution in [0.1, 0.15) is 37.6 Å². The first-order valence-corrected chi connectivity index (χ1v) is 6.75. The largest absolute Gasteiger partial charge is 0.388 e. The van der Waals surface area contributed by atoms with Gasteiger partial charge in [-0.25, -0.2) is 0 Å². The standard InChI is InChI=1S/C14H20N4O2/c1-4-9(2)14(3,20)8-15-13(19)10-6-5-7-11-12(10)17-18-16-11/h5-7,9,20H,4,8H2,1-3H3,(H,15,19)(H,16,17,18)/t9-,14+/m1/s1. The summed E-state index contributed by atoms with van der Waals surface area (Å²) in [6.07, 6.45) is 0.849. The fraction of sp³-hybridized carbons (Fsp3) is 0.500. The number of benzene rings is 1. The van der Waals surface area contributed by atoms with Crippen LogP contribution in [0.25, 0.3) is 11.0 Å². The molecule has 6 nitrogen and oxygen atoms in total. The molecule has 0 saturated heterocycles. The molecule has 2 atom stereocenters. The number of H-pyrrole nitrogens is 1. The van der Waals surface area contributed by atoms with Gasteiger partial charge in [-0.1, -0.05) is 26.3 Å². The number of hydrogen-bond acceptors (Lipinski definition) is 4. The average molecular weight is 276 g/mol. The van der Waals surface area contributed by atoms with E-state index in [1.54, 1.807) is 25.1 Å². The maximum Gasteiger partial charge on any atom is 0.253 e. The van der Waals surface area contributed by atoms with Gasteiger partial charge in [0.1, 0.15) is 11.0 Å². The zero-order valence-corrected chi connectivity index (χ0v) is 12.0. The van der Waals surface area contributed by atoms with Crippen LogP contribution in [-0.2, 0) is 0 Å². The highest BCUT2D eigenvalue weighted by atomic mass is 16.3. The molecule has 20 heavy (non-hydrogen) atoms. The Bertz CT molecular complexity index is 606. The molecule has 0 radical (unpaired) electrons. The van der Waals surface area contributed by atoms with Crippen LogP contribution in [0.2, 0.25) is 0 Å². The van der Waals surface area contributed by atoms with Crippen molar-refractivity contribution in [3.63, 3.8) is 0 Å². The van der Waals surface area contributed by atoms with Crippen LogP contribution in [0.3, 0.4) is 0 Å². The summed E-state index contributed by atoms with van der Waals surface area (Å²) >= 11 is 0. The Morgan fingerprint density at radius 1 is 1.50 bits per heavy atom. The monoisotopic (exact) mass is 276 g/mol. The van der Waals surface area contributed by atoms with E-state index in [9.17, 15) is 9.90 Å². The van der Waals surface area contributed by atoms with Gasteiger partial charge >= 0.3 is 0 Å². The fourth-order valence-electron chi connectivity index (χ4n) is 2.02. The number of aromatic amines is 1. The molecule has 1 amide bonds. The van der Waals surface area contributed by atoms with Gasteiger partial charge in [-0.15, -0.1) is 0 Å². The van der Waals surface area contributed by atoms with Gasteiger partial charge in [-0.3, -0.25) is 4.79 Å². The number of rotatable bonds is 5. The van der Waals surface area contributed by atoms with Gasteiger partial charge in [-0.05, 0) is 25.0 Å². The van der Waals surface area contributed by atoms with Crippen molar-refractivity contribution in [3.8, 4) is 0 Å². The second kappa shape index (κ2) is 5.58. The number of amides is 1. The van der Waals surface area contributed by atoms with Crippen molar-refractivity contribution in [2.75, 3.05) is 6.54 Å². The first-order chi connectivity index (χ1) is 9.45. The van der Waals surface area contributed by atoms with E-state index in [1.807, 2.05) is 13.8 Å². The van der Waals surface area contributed by atoms with Crippen molar-refractivity contribution in [1.29, 1.82) is 0 Å². The molecular weight excluding hydrogens is 256 g/mol. The summed E-state index contributed by atoms with van der Waals surface area (Å²) in [6, 6.07) is 5.23. The predicted molar refractivity (Wildman–Crippen MR) is 76.3 cm³/mol. The van der Waals surface area contributed by atoms with E-state index in [1.165, 1.54) is 0 Å². The number of carbonyl (C=O) groups excluding carboxylic acids is 1. The highest BCUT2D eigenvalue weighted by molar-refractivity contribution is 6.04. The minimum atomic E-state index is -0.928. The molecule has 1 aromatic carbocycles. The summed E-state index contributed by atoms with van der Waals surface area (Å²) < 4.78 is 0. The van der Waals surface area contributed by atoms with Crippen molar-refractivity contribution >= 4 is 16.9 Å².